The molecule has 0 aliphatic heterocycles. The van der Waals surface area contributed by atoms with Gasteiger partial charge in [0.05, 0.1) is 0 Å². The van der Waals surface area contributed by atoms with Crippen molar-refractivity contribution in [1.29, 1.82) is 0 Å². The molecule has 1 heterocycles. The highest BCUT2D eigenvalue weighted by Gasteiger charge is 2.16. The van der Waals surface area contributed by atoms with Crippen LogP contribution in [0, 0.1) is 0 Å². The Kier molecular flexibility index (Phi) is 4.90. The van der Waals surface area contributed by atoms with Crippen LogP contribution in [-0.2, 0) is 4.79 Å². The second-order valence-electron chi connectivity index (χ2n) is 3.44. The number of aromatic nitrogens is 1. The lowest BCUT2D eigenvalue weighted by molar-refractivity contribution is -0.122. The maximum Gasteiger partial charge on any atom is 0.270 e. The van der Waals surface area contributed by atoms with E-state index >= 15 is 0 Å². The van der Waals surface area contributed by atoms with Crippen molar-refractivity contribution < 1.29 is 9.59 Å². The number of likely N-dealkylation sites (N-methyl/N-ethyl adjacent to an activating group) is 1. The van der Waals surface area contributed by atoms with Crippen LogP contribution in [0.2, 0.25) is 5.15 Å². The van der Waals surface area contributed by atoms with Crippen LogP contribution in [0.3, 0.4) is 0 Å². The zero-order valence-corrected chi connectivity index (χ0v) is 10.4. The summed E-state index contributed by atoms with van der Waals surface area (Å²) in [6, 6.07) is 4.13. The predicted molar refractivity (Wildman–Crippen MR) is 64.9 cm³/mol. The highest BCUT2D eigenvalue weighted by atomic mass is 35.5. The molecule has 0 aliphatic rings. The zero-order valence-electron chi connectivity index (χ0n) is 9.66. The molecule has 0 fully saturated rings. The van der Waals surface area contributed by atoms with Crippen LogP contribution in [0.1, 0.15) is 24.3 Å². The summed E-state index contributed by atoms with van der Waals surface area (Å²) in [6.45, 7) is 3.94. The van der Waals surface area contributed by atoms with Gasteiger partial charge >= 0.3 is 0 Å². The van der Waals surface area contributed by atoms with E-state index in [1.165, 1.54) is 6.07 Å². The molecule has 6 heteroatoms. The Bertz CT molecular complexity index is 423. The first-order valence-electron chi connectivity index (χ1n) is 5.25. The first kappa shape index (κ1) is 13.4. The van der Waals surface area contributed by atoms with Crippen LogP contribution < -0.4 is 10.6 Å². The summed E-state index contributed by atoms with van der Waals surface area (Å²) in [4.78, 5) is 27.0. The van der Waals surface area contributed by atoms with Gasteiger partial charge in [0.15, 0.2) is 0 Å². The van der Waals surface area contributed by atoms with E-state index in [0.717, 1.165) is 0 Å². The molecule has 2 amide bonds. The Balaban J connectivity index is 2.63. The number of hydrogen-bond donors (Lipinski definition) is 2. The third kappa shape index (κ3) is 4.03. The Morgan fingerprint density at radius 3 is 2.76 bits per heavy atom. The first-order chi connectivity index (χ1) is 8.04. The van der Waals surface area contributed by atoms with Gasteiger partial charge in [0, 0.05) is 6.54 Å². The summed E-state index contributed by atoms with van der Waals surface area (Å²) in [5, 5.41) is 5.39. The molecule has 0 aromatic carbocycles. The van der Waals surface area contributed by atoms with Crippen molar-refractivity contribution in [3.63, 3.8) is 0 Å². The van der Waals surface area contributed by atoms with E-state index in [0.29, 0.717) is 6.54 Å². The number of nitrogens with one attached hydrogen (secondary N) is 2. The van der Waals surface area contributed by atoms with Crippen LogP contribution in [-0.4, -0.2) is 29.4 Å². The van der Waals surface area contributed by atoms with Crippen molar-refractivity contribution in [2.24, 2.45) is 0 Å². The van der Waals surface area contributed by atoms with Gasteiger partial charge < -0.3 is 10.6 Å². The van der Waals surface area contributed by atoms with Crippen LogP contribution in [0.4, 0.5) is 0 Å². The van der Waals surface area contributed by atoms with Crippen LogP contribution in [0.5, 0.6) is 0 Å². The van der Waals surface area contributed by atoms with Gasteiger partial charge in [-0.2, -0.15) is 0 Å². The fraction of sp³-hybridized carbons (Fsp3) is 0.364. The number of amides is 2. The second-order valence-corrected chi connectivity index (χ2v) is 3.82. The van der Waals surface area contributed by atoms with Crippen molar-refractivity contribution >= 4 is 23.4 Å². The summed E-state index contributed by atoms with van der Waals surface area (Å²) in [6.07, 6.45) is 0. The topological polar surface area (TPSA) is 71.1 Å². The Labute approximate surface area is 105 Å². The fourth-order valence-corrected chi connectivity index (χ4v) is 1.36. The van der Waals surface area contributed by atoms with E-state index in [-0.39, 0.29) is 16.8 Å². The van der Waals surface area contributed by atoms with Gasteiger partial charge in [0.1, 0.15) is 16.9 Å². The average molecular weight is 256 g/mol. The van der Waals surface area contributed by atoms with Crippen LogP contribution in [0.25, 0.3) is 0 Å². The molecular formula is C11H14ClN3O2. The maximum absolute atomic E-state index is 11.7. The quantitative estimate of drug-likeness (QED) is 0.789. The lowest BCUT2D eigenvalue weighted by Gasteiger charge is -2.12. The number of hydrogen-bond acceptors (Lipinski definition) is 3. The van der Waals surface area contributed by atoms with Crippen molar-refractivity contribution in [3.8, 4) is 0 Å². The molecule has 2 N–H and O–H groups in total. The molecule has 0 aliphatic carbocycles. The summed E-state index contributed by atoms with van der Waals surface area (Å²) in [5.74, 6) is -0.658. The molecule has 5 nitrogen and oxygen atoms in total. The van der Waals surface area contributed by atoms with E-state index in [2.05, 4.69) is 15.6 Å². The Hall–Kier alpha value is -1.62. The largest absolute Gasteiger partial charge is 0.355 e. The monoisotopic (exact) mass is 255 g/mol. The van der Waals surface area contributed by atoms with Crippen molar-refractivity contribution in [1.82, 2.24) is 15.6 Å². The molecule has 17 heavy (non-hydrogen) atoms. The highest BCUT2D eigenvalue weighted by Crippen LogP contribution is 2.05. The van der Waals surface area contributed by atoms with Gasteiger partial charge in [0.2, 0.25) is 5.91 Å². The average Bonchev–Trinajstić information content (AvgIpc) is 2.29. The number of rotatable bonds is 4. The van der Waals surface area contributed by atoms with Crippen molar-refractivity contribution in [2.45, 2.75) is 19.9 Å². The lowest BCUT2D eigenvalue weighted by atomic mass is 10.2. The molecule has 1 unspecified atom stereocenters. The maximum atomic E-state index is 11.7. The van der Waals surface area contributed by atoms with Gasteiger partial charge in [-0.15, -0.1) is 0 Å². The van der Waals surface area contributed by atoms with Crippen molar-refractivity contribution in [2.75, 3.05) is 6.54 Å². The molecule has 0 radical (unpaired) electrons. The van der Waals surface area contributed by atoms with Gasteiger partial charge in [-0.05, 0) is 26.0 Å². The molecule has 1 rings (SSSR count). The molecule has 0 saturated heterocycles. The van der Waals surface area contributed by atoms with Gasteiger partial charge in [0.25, 0.3) is 5.91 Å². The van der Waals surface area contributed by atoms with Gasteiger partial charge in [-0.1, -0.05) is 17.7 Å². The smallest absolute Gasteiger partial charge is 0.270 e. The summed E-state index contributed by atoms with van der Waals surface area (Å²) in [5.41, 5.74) is 0.189. The standard InChI is InChI=1S/C11H14ClN3O2/c1-3-13-10(16)7(2)14-11(17)8-5-4-6-9(12)15-8/h4-7H,3H2,1-2H3,(H,13,16)(H,14,17). The molecule has 1 aromatic heterocycles. The molecule has 0 spiro atoms. The minimum Gasteiger partial charge on any atom is -0.355 e. The SMILES string of the molecule is CCNC(=O)C(C)NC(=O)c1cccc(Cl)n1. The molecule has 0 bridgehead atoms. The lowest BCUT2D eigenvalue weighted by Crippen LogP contribution is -2.44. The van der Waals surface area contributed by atoms with Crippen LogP contribution in [0.15, 0.2) is 18.2 Å². The number of carbonyl (C=O) groups excluding carboxylic acids is 2. The second kappa shape index (κ2) is 6.20. The van der Waals surface area contributed by atoms with E-state index < -0.39 is 11.9 Å². The van der Waals surface area contributed by atoms with Crippen LogP contribution >= 0.6 is 11.6 Å². The predicted octanol–water partition coefficient (Wildman–Crippen LogP) is 0.989. The van der Waals surface area contributed by atoms with Crippen molar-refractivity contribution in [3.05, 3.63) is 29.0 Å². The van der Waals surface area contributed by atoms with Gasteiger partial charge in [-0.25, -0.2) is 4.98 Å². The molecular weight excluding hydrogens is 242 g/mol. The number of carbonyl (C=O) groups is 2. The molecule has 0 saturated carbocycles. The van der Waals surface area contributed by atoms with E-state index in [9.17, 15) is 9.59 Å². The Morgan fingerprint density at radius 2 is 2.18 bits per heavy atom. The third-order valence-corrected chi connectivity index (χ3v) is 2.25. The molecule has 1 aromatic rings. The number of pyridine rings is 1. The zero-order chi connectivity index (χ0) is 12.8. The van der Waals surface area contributed by atoms with E-state index in [1.54, 1.807) is 19.1 Å². The normalized spacial score (nSPS) is 11.7. The minimum atomic E-state index is -0.608. The van der Waals surface area contributed by atoms with E-state index in [1.807, 2.05) is 6.92 Å². The minimum absolute atomic E-state index is 0.189. The molecule has 92 valence electrons. The number of nitrogens with zero attached hydrogens (tertiary/aromatic N) is 1. The van der Waals surface area contributed by atoms with E-state index in [4.69, 9.17) is 11.6 Å². The molecule has 1 atom stereocenters. The summed E-state index contributed by atoms with van der Waals surface area (Å²) >= 11 is 5.67. The van der Waals surface area contributed by atoms with Gasteiger partial charge in [-0.3, -0.25) is 9.59 Å². The highest BCUT2D eigenvalue weighted by molar-refractivity contribution is 6.29. The fourth-order valence-electron chi connectivity index (χ4n) is 1.20. The number of halogens is 1. The third-order valence-electron chi connectivity index (χ3n) is 2.04. The summed E-state index contributed by atoms with van der Waals surface area (Å²) in [7, 11) is 0. The first-order valence-corrected chi connectivity index (χ1v) is 5.63. The Morgan fingerprint density at radius 1 is 1.47 bits per heavy atom. The summed E-state index contributed by atoms with van der Waals surface area (Å²) < 4.78 is 0.